The lowest BCUT2D eigenvalue weighted by atomic mass is 10.1. The molecule has 2 N–H and O–H groups in total. The van der Waals surface area contributed by atoms with Gasteiger partial charge in [-0.2, -0.15) is 0 Å². The molecule has 1 atom stereocenters. The van der Waals surface area contributed by atoms with Crippen molar-refractivity contribution in [1.29, 1.82) is 0 Å². The highest BCUT2D eigenvalue weighted by Crippen LogP contribution is 2.33. The summed E-state index contributed by atoms with van der Waals surface area (Å²) in [4.78, 5) is 38.8. The van der Waals surface area contributed by atoms with Gasteiger partial charge in [-0.05, 0) is 35.9 Å². The summed E-state index contributed by atoms with van der Waals surface area (Å²) in [7, 11) is 0. The Hall–Kier alpha value is -3.99. The summed E-state index contributed by atoms with van der Waals surface area (Å²) in [5.41, 5.74) is 1.18. The van der Waals surface area contributed by atoms with E-state index in [9.17, 15) is 14.4 Å². The summed E-state index contributed by atoms with van der Waals surface area (Å²) in [6.45, 7) is 1.09. The molecule has 0 aromatic heterocycles. The Bertz CT molecular complexity index is 1110. The Morgan fingerprint density at radius 3 is 2.30 bits per heavy atom. The Morgan fingerprint density at radius 2 is 1.52 bits per heavy atom. The second-order valence-electron chi connectivity index (χ2n) is 7.47. The van der Waals surface area contributed by atoms with Crippen molar-refractivity contribution in [3.8, 4) is 23.0 Å². The smallest absolute Gasteiger partial charge is 0.309 e. The van der Waals surface area contributed by atoms with Crippen LogP contribution in [0.5, 0.6) is 23.0 Å². The second kappa shape index (κ2) is 8.87. The van der Waals surface area contributed by atoms with Crippen LogP contribution in [0, 0.1) is 0 Å². The summed E-state index contributed by atoms with van der Waals surface area (Å²) in [5, 5.41) is 5.08. The zero-order valence-electron chi connectivity index (χ0n) is 17.5. The van der Waals surface area contributed by atoms with Crippen LogP contribution in [0.1, 0.15) is 15.9 Å². The number of nitrogens with one attached hydrogen (secondary N) is 2. The van der Waals surface area contributed by atoms with Gasteiger partial charge in [0.1, 0.15) is 6.23 Å². The minimum absolute atomic E-state index is 0.0213. The van der Waals surface area contributed by atoms with Crippen LogP contribution < -0.4 is 29.6 Å². The Morgan fingerprint density at radius 1 is 0.848 bits per heavy atom. The van der Waals surface area contributed by atoms with Gasteiger partial charge in [0.15, 0.2) is 23.0 Å². The van der Waals surface area contributed by atoms with E-state index in [1.807, 2.05) is 0 Å². The van der Waals surface area contributed by atoms with E-state index >= 15 is 0 Å². The molecule has 0 saturated carbocycles. The van der Waals surface area contributed by atoms with Crippen LogP contribution in [0.15, 0.2) is 36.4 Å². The van der Waals surface area contributed by atoms with Gasteiger partial charge in [-0.1, -0.05) is 6.07 Å². The monoisotopic (exact) mass is 455 g/mol. The van der Waals surface area contributed by atoms with E-state index in [1.54, 1.807) is 36.4 Å². The molecular formula is C22H21N3O8. The first kappa shape index (κ1) is 20.9. The minimum Gasteiger partial charge on any atom is -0.454 e. The fraction of sp³-hybridized carbons (Fsp3) is 0.318. The lowest BCUT2D eigenvalue weighted by Gasteiger charge is -2.23. The number of carbonyl (C=O) groups is 3. The maximum absolute atomic E-state index is 12.9. The number of hydrogen-bond acceptors (Lipinski definition) is 8. The predicted octanol–water partition coefficient (Wildman–Crippen LogP) is 0.375. The SMILES string of the molecule is O=C(NCc1ccc2c(c1)OCO2)C(=O)NC[C@H]1OCCN1C(=O)c1ccc2c(c1)OCO2. The number of fused-ring (bicyclic) bond motifs is 2. The van der Waals surface area contributed by atoms with Gasteiger partial charge in [0.2, 0.25) is 13.6 Å². The van der Waals surface area contributed by atoms with Gasteiger partial charge in [0, 0.05) is 18.7 Å². The van der Waals surface area contributed by atoms with Crippen molar-refractivity contribution in [2.75, 3.05) is 33.3 Å². The summed E-state index contributed by atoms with van der Waals surface area (Å²) < 4.78 is 26.7. The Labute approximate surface area is 188 Å². The molecule has 3 aliphatic rings. The Balaban J connectivity index is 1.12. The fourth-order valence-electron chi connectivity index (χ4n) is 3.69. The van der Waals surface area contributed by atoms with Crippen molar-refractivity contribution in [3.63, 3.8) is 0 Å². The van der Waals surface area contributed by atoms with Crippen LogP contribution in [0.3, 0.4) is 0 Å². The van der Waals surface area contributed by atoms with E-state index in [2.05, 4.69) is 10.6 Å². The van der Waals surface area contributed by atoms with Crippen LogP contribution in [-0.4, -0.2) is 62.1 Å². The third-order valence-electron chi connectivity index (χ3n) is 5.40. The number of benzene rings is 2. The van der Waals surface area contributed by atoms with Gasteiger partial charge < -0.3 is 39.2 Å². The molecular weight excluding hydrogens is 434 g/mol. The number of carbonyl (C=O) groups excluding carboxylic acids is 3. The van der Waals surface area contributed by atoms with Gasteiger partial charge in [0.25, 0.3) is 5.91 Å². The molecule has 0 unspecified atom stereocenters. The van der Waals surface area contributed by atoms with E-state index in [4.69, 9.17) is 23.7 Å². The van der Waals surface area contributed by atoms with Crippen molar-refractivity contribution < 1.29 is 38.1 Å². The highest BCUT2D eigenvalue weighted by molar-refractivity contribution is 6.35. The highest BCUT2D eigenvalue weighted by atomic mass is 16.7. The van der Waals surface area contributed by atoms with Crippen molar-refractivity contribution in [3.05, 3.63) is 47.5 Å². The molecule has 11 nitrogen and oxygen atoms in total. The topological polar surface area (TPSA) is 125 Å². The maximum atomic E-state index is 12.9. The van der Waals surface area contributed by atoms with Gasteiger partial charge in [-0.3, -0.25) is 14.4 Å². The molecule has 3 heterocycles. The zero-order valence-corrected chi connectivity index (χ0v) is 17.5. The molecule has 33 heavy (non-hydrogen) atoms. The second-order valence-corrected chi connectivity index (χ2v) is 7.47. The van der Waals surface area contributed by atoms with Crippen LogP contribution >= 0.6 is 0 Å². The first-order chi connectivity index (χ1) is 16.1. The van der Waals surface area contributed by atoms with E-state index in [0.717, 1.165) is 5.56 Å². The largest absolute Gasteiger partial charge is 0.454 e. The van der Waals surface area contributed by atoms with Crippen molar-refractivity contribution in [1.82, 2.24) is 15.5 Å². The molecule has 0 bridgehead atoms. The van der Waals surface area contributed by atoms with E-state index in [-0.39, 0.29) is 32.6 Å². The van der Waals surface area contributed by atoms with Crippen molar-refractivity contribution in [2.24, 2.45) is 0 Å². The standard InChI is InChI=1S/C22H21N3O8/c26-20(23-9-13-1-3-15-17(7-13)32-11-30-15)21(27)24-10-19-25(5-6-29-19)22(28)14-2-4-16-18(8-14)33-12-31-16/h1-4,7-8,19H,5-6,9-12H2,(H,23,26)(H,24,27)/t19-/m1/s1. The molecule has 1 fully saturated rings. The summed E-state index contributed by atoms with van der Waals surface area (Å²) in [6.07, 6.45) is -0.687. The molecule has 2 aromatic carbocycles. The average molecular weight is 455 g/mol. The zero-order chi connectivity index (χ0) is 22.8. The van der Waals surface area contributed by atoms with Gasteiger partial charge in [-0.15, -0.1) is 0 Å². The molecule has 172 valence electrons. The number of ether oxygens (including phenoxy) is 5. The summed E-state index contributed by atoms with van der Waals surface area (Å²) >= 11 is 0. The average Bonchev–Trinajstić information content (AvgIpc) is 3.59. The summed E-state index contributed by atoms with van der Waals surface area (Å²) in [5.74, 6) is 0.444. The molecule has 0 radical (unpaired) electrons. The maximum Gasteiger partial charge on any atom is 0.309 e. The highest BCUT2D eigenvalue weighted by Gasteiger charge is 2.32. The molecule has 5 rings (SSSR count). The number of amides is 3. The first-order valence-corrected chi connectivity index (χ1v) is 10.4. The van der Waals surface area contributed by atoms with Gasteiger partial charge in [0.05, 0.1) is 13.2 Å². The molecule has 0 spiro atoms. The number of rotatable bonds is 5. The molecule has 0 aliphatic carbocycles. The molecule has 3 aliphatic heterocycles. The van der Waals surface area contributed by atoms with Crippen LogP contribution in [-0.2, 0) is 20.9 Å². The normalized spacial score (nSPS) is 17.7. The molecule has 11 heteroatoms. The van der Waals surface area contributed by atoms with Crippen LogP contribution in [0.4, 0.5) is 0 Å². The number of hydrogen-bond donors (Lipinski definition) is 2. The third kappa shape index (κ3) is 4.35. The third-order valence-corrected chi connectivity index (χ3v) is 5.40. The van der Waals surface area contributed by atoms with E-state index < -0.39 is 18.0 Å². The van der Waals surface area contributed by atoms with Crippen molar-refractivity contribution >= 4 is 17.7 Å². The summed E-state index contributed by atoms with van der Waals surface area (Å²) in [6, 6.07) is 10.2. The van der Waals surface area contributed by atoms with Gasteiger partial charge in [-0.25, -0.2) is 0 Å². The number of nitrogens with zero attached hydrogens (tertiary/aromatic N) is 1. The lowest BCUT2D eigenvalue weighted by Crippen LogP contribution is -2.47. The predicted molar refractivity (Wildman–Crippen MR) is 111 cm³/mol. The molecule has 2 aromatic rings. The fourth-order valence-corrected chi connectivity index (χ4v) is 3.69. The van der Waals surface area contributed by atoms with E-state index in [0.29, 0.717) is 41.7 Å². The first-order valence-electron chi connectivity index (χ1n) is 10.4. The minimum atomic E-state index is -0.818. The molecule has 1 saturated heterocycles. The van der Waals surface area contributed by atoms with Gasteiger partial charge >= 0.3 is 11.8 Å². The lowest BCUT2D eigenvalue weighted by molar-refractivity contribution is -0.139. The van der Waals surface area contributed by atoms with Crippen LogP contribution in [0.2, 0.25) is 0 Å². The van der Waals surface area contributed by atoms with E-state index in [1.165, 1.54) is 4.90 Å². The van der Waals surface area contributed by atoms with Crippen molar-refractivity contribution in [2.45, 2.75) is 12.8 Å². The Kier molecular flexibility index (Phi) is 5.61. The quantitative estimate of drug-likeness (QED) is 0.620. The molecule has 3 amide bonds. The van der Waals surface area contributed by atoms with Crippen LogP contribution in [0.25, 0.3) is 0 Å².